The predicted octanol–water partition coefficient (Wildman–Crippen LogP) is 6.62. The van der Waals surface area contributed by atoms with E-state index in [0.717, 1.165) is 13.1 Å². The maximum atomic E-state index is 11.4. The van der Waals surface area contributed by atoms with E-state index in [-0.39, 0.29) is 25.0 Å². The largest absolute Gasteiger partial charge is 0.480 e. The molecule has 88 heavy (non-hydrogen) atoms. The lowest BCUT2D eigenvalue weighted by molar-refractivity contribution is -0.914. The Morgan fingerprint density at radius 1 is 0.489 bits per heavy atom. The zero-order valence-corrected chi connectivity index (χ0v) is 56.2. The SMILES string of the molecule is CCCCCCn1cc[n+](C)c1.CCCC[N+]1(C)CCCCC1.CC[n+]1cccc(C)c1.CCn1cc[n+](C)c1.CS(=O)(=O)[N-]S(=O)(=O)C(F)(F)F.CS(=O)(=O)[N-]S(=O)(=O)C(F)(F)F.CS(=O)(=O)[N-]S(=O)(=O)C(F)(F)F.CS(=O)(=O)[N-]S(=O)(=O)C(F)(F)F. The Kier molecular flexibility index (Phi) is 39.3. The molecule has 0 atom stereocenters. The molecule has 1 aliphatic rings. The third-order valence-corrected chi connectivity index (χ3v) is 19.5. The Bertz CT molecular complexity index is 3170. The molecule has 3 aromatic heterocycles. The first-order chi connectivity index (χ1) is 39.1. The van der Waals surface area contributed by atoms with E-state index >= 15 is 0 Å². The van der Waals surface area contributed by atoms with Gasteiger partial charge in [-0.05, 0) is 65.4 Å². The molecule has 0 aromatic carbocycles. The van der Waals surface area contributed by atoms with Crippen molar-refractivity contribution in [2.24, 2.45) is 14.1 Å². The molecule has 0 amide bonds. The van der Waals surface area contributed by atoms with Gasteiger partial charge in [0.25, 0.3) is 0 Å². The van der Waals surface area contributed by atoms with Crippen LogP contribution in [0.15, 0.2) is 62.0 Å². The first kappa shape index (κ1) is 90.5. The standard InChI is InChI=1S/C10H19N2.C10H22N.C8H12N.C6H11N2.4C2H3F3NO4S2/c1-3-4-5-6-7-12-9-8-11(2)10-12;1-3-4-8-11(2)9-6-5-7-10-11;1-3-9-6-4-5-8(2)7-9;1-3-8-5-4-7(2)6-8;4*1-11(7,8)6-12(9,10)2(3,4)5/h8-10H,3-7H2,1-2H3;3-10H2,1-2H3;4-7H,3H2,1-2H3;4-6H,3H2,1-2H3;4*1H3/q4*+1;4*-1. The highest BCUT2D eigenvalue weighted by Crippen LogP contribution is 2.32. The molecule has 0 bridgehead atoms. The van der Waals surface area contributed by atoms with Gasteiger partial charge in [0.15, 0.2) is 52.5 Å². The first-order valence-electron chi connectivity index (χ1n) is 24.9. The normalized spacial score (nSPS) is 14.2. The van der Waals surface area contributed by atoms with Crippen LogP contribution in [-0.2, 0) is 114 Å². The molecule has 0 radical (unpaired) electrons. The fourth-order valence-electron chi connectivity index (χ4n) is 5.81. The summed E-state index contributed by atoms with van der Waals surface area (Å²) in [5.41, 5.74) is -21.4. The lowest BCUT2D eigenvalue weighted by Gasteiger charge is -2.37. The second kappa shape index (κ2) is 38.2. The second-order valence-electron chi connectivity index (χ2n) is 18.6. The van der Waals surface area contributed by atoms with E-state index in [0.29, 0.717) is 0 Å². The number of nitrogens with zero attached hydrogens (tertiary/aromatic N) is 10. The highest BCUT2D eigenvalue weighted by Gasteiger charge is 2.42. The van der Waals surface area contributed by atoms with Crippen molar-refractivity contribution < 1.29 is 138 Å². The number of quaternary nitrogens is 1. The number of sulfonamides is 8. The summed E-state index contributed by atoms with van der Waals surface area (Å²) in [4.78, 5) is 0. The molecular formula is C42H76F12N10O16S8. The summed E-state index contributed by atoms with van der Waals surface area (Å²) in [6.45, 7) is 18.5. The highest BCUT2D eigenvalue weighted by molar-refractivity contribution is 8.13. The van der Waals surface area contributed by atoms with Crippen LogP contribution >= 0.6 is 0 Å². The zero-order valence-electron chi connectivity index (χ0n) is 49.7. The molecule has 0 saturated carbocycles. The van der Waals surface area contributed by atoms with Crippen LogP contribution < -0.4 is 13.7 Å². The van der Waals surface area contributed by atoms with Crippen molar-refractivity contribution in [2.45, 2.75) is 134 Å². The number of piperidine rings is 1. The summed E-state index contributed by atoms with van der Waals surface area (Å²) < 4.78 is 316. The first-order valence-corrected chi connectivity index (χ1v) is 38.1. The van der Waals surface area contributed by atoms with Gasteiger partial charge >= 0.3 is 22.0 Å². The van der Waals surface area contributed by atoms with Crippen molar-refractivity contribution in [3.8, 4) is 0 Å². The highest BCUT2D eigenvalue weighted by atomic mass is 32.3. The number of halogens is 12. The number of likely N-dealkylation sites (tertiary alicyclic amines) is 1. The van der Waals surface area contributed by atoms with Crippen molar-refractivity contribution in [3.63, 3.8) is 0 Å². The summed E-state index contributed by atoms with van der Waals surface area (Å²) in [5, 5.41) is 0. The molecule has 522 valence electrons. The Morgan fingerprint density at radius 3 is 1.03 bits per heavy atom. The van der Waals surface area contributed by atoms with Gasteiger partial charge in [-0.2, -0.15) is 52.7 Å². The lowest BCUT2D eigenvalue weighted by atomic mass is 10.1. The van der Waals surface area contributed by atoms with E-state index in [9.17, 15) is 120 Å². The minimum Gasteiger partial charge on any atom is -0.429 e. The number of imidazole rings is 2. The van der Waals surface area contributed by atoms with Gasteiger partial charge in [-0.15, -0.1) is 0 Å². The number of hydrogen-bond donors (Lipinski definition) is 0. The van der Waals surface area contributed by atoms with Crippen LogP contribution in [0.2, 0.25) is 0 Å². The molecule has 4 heterocycles. The number of alkyl halides is 12. The topological polar surface area (TPSA) is 351 Å². The van der Waals surface area contributed by atoms with E-state index < -0.39 is 102 Å². The van der Waals surface area contributed by atoms with Crippen molar-refractivity contribution in [1.29, 1.82) is 0 Å². The fraction of sp³-hybridized carbons (Fsp3) is 0.738. The summed E-state index contributed by atoms with van der Waals surface area (Å²) in [7, 11) is -35.4. The number of unbranched alkanes of at least 4 members (excludes halogenated alkanes) is 4. The number of aromatic nitrogens is 5. The van der Waals surface area contributed by atoms with E-state index in [1.165, 1.54) is 94.0 Å². The average molecular weight is 1460 g/mol. The molecular weight excluding hydrogens is 1390 g/mol. The number of hydrogen-bond acceptors (Lipinski definition) is 16. The van der Waals surface area contributed by atoms with Crippen LogP contribution in [-0.4, -0.2) is 155 Å². The number of aryl methyl sites for hydroxylation is 6. The smallest absolute Gasteiger partial charge is 0.429 e. The van der Waals surface area contributed by atoms with E-state index in [4.69, 9.17) is 0 Å². The number of pyridine rings is 1. The van der Waals surface area contributed by atoms with Crippen LogP contribution in [0.4, 0.5) is 52.7 Å². The molecule has 4 rings (SSSR count). The van der Waals surface area contributed by atoms with Crippen molar-refractivity contribution in [3.05, 3.63) is 84.0 Å². The lowest BCUT2D eigenvalue weighted by Crippen LogP contribution is -2.48. The molecule has 1 aliphatic heterocycles. The Labute approximate surface area is 508 Å². The van der Waals surface area contributed by atoms with Gasteiger partial charge in [0, 0.05) is 36.7 Å². The van der Waals surface area contributed by atoms with Gasteiger partial charge < -0.3 is 21.0 Å². The molecule has 46 heteroatoms. The maximum Gasteiger partial charge on any atom is 0.480 e. The molecule has 0 unspecified atom stereocenters. The maximum absolute atomic E-state index is 11.4. The fourth-order valence-corrected chi connectivity index (χ4v) is 12.9. The van der Waals surface area contributed by atoms with Crippen LogP contribution in [0.25, 0.3) is 16.5 Å². The minimum absolute atomic E-state index is 0.246. The van der Waals surface area contributed by atoms with Crippen LogP contribution in [0.5, 0.6) is 0 Å². The zero-order chi connectivity index (χ0) is 70.5. The molecule has 1 saturated heterocycles. The quantitative estimate of drug-likeness (QED) is 0.0558. The third-order valence-electron chi connectivity index (χ3n) is 9.71. The summed E-state index contributed by atoms with van der Waals surface area (Å²) in [6, 6.07) is 4.17. The van der Waals surface area contributed by atoms with E-state index in [1.807, 2.05) is 17.8 Å². The van der Waals surface area contributed by atoms with Gasteiger partial charge in [-0.3, -0.25) is 0 Å². The summed E-state index contributed by atoms with van der Waals surface area (Å²) in [5.74, 6) is 0. The van der Waals surface area contributed by atoms with E-state index in [2.05, 4.69) is 123 Å². The van der Waals surface area contributed by atoms with Crippen molar-refractivity contribution in [2.75, 3.05) is 51.7 Å². The Balaban J connectivity index is -0.000000459. The van der Waals surface area contributed by atoms with Crippen LogP contribution in [0.1, 0.15) is 91.0 Å². The Morgan fingerprint density at radius 2 is 0.818 bits per heavy atom. The van der Waals surface area contributed by atoms with Crippen LogP contribution in [0.3, 0.4) is 0 Å². The summed E-state index contributed by atoms with van der Waals surface area (Å²) in [6.07, 6.45) is 30.2. The average Bonchev–Trinajstić information content (AvgIpc) is 4.03. The minimum atomic E-state index is -5.92. The molecule has 1 fully saturated rings. The van der Waals surface area contributed by atoms with Gasteiger partial charge in [0.1, 0.15) is 31.3 Å². The van der Waals surface area contributed by atoms with Gasteiger partial charge in [-0.25, -0.2) is 90.2 Å². The monoisotopic (exact) mass is 1460 g/mol. The predicted molar refractivity (Wildman–Crippen MR) is 300 cm³/mol. The molecule has 0 aliphatic carbocycles. The summed E-state index contributed by atoms with van der Waals surface area (Å²) >= 11 is 0. The van der Waals surface area contributed by atoms with Gasteiger partial charge in [0.2, 0.25) is 12.7 Å². The molecule has 0 spiro atoms. The molecule has 0 N–H and O–H groups in total. The van der Waals surface area contributed by atoms with Gasteiger partial charge in [-0.1, -0.05) is 33.1 Å². The van der Waals surface area contributed by atoms with Gasteiger partial charge in [0.05, 0.1) is 94.0 Å². The molecule has 26 nitrogen and oxygen atoms in total. The Hall–Kier alpha value is -3.87. The van der Waals surface area contributed by atoms with E-state index in [1.54, 1.807) is 16.5 Å². The van der Waals surface area contributed by atoms with Crippen LogP contribution in [0, 0.1) is 6.92 Å². The number of rotatable bonds is 18. The van der Waals surface area contributed by atoms with Crippen molar-refractivity contribution in [1.82, 2.24) is 9.13 Å². The third kappa shape index (κ3) is 45.4. The van der Waals surface area contributed by atoms with Crippen molar-refractivity contribution >= 4 is 80.2 Å². The second-order valence-corrected chi connectivity index (χ2v) is 32.5. The molecule has 3 aromatic rings.